The molecule has 2 atom stereocenters. The highest BCUT2D eigenvalue weighted by molar-refractivity contribution is 5.75. The number of aliphatic hydroxyl groups is 1. The molecule has 32 heavy (non-hydrogen) atoms. The molecule has 2 unspecified atom stereocenters. The van der Waals surface area contributed by atoms with Gasteiger partial charge in [0.1, 0.15) is 12.7 Å². The zero-order valence-electron chi connectivity index (χ0n) is 20.3. The van der Waals surface area contributed by atoms with Crippen molar-refractivity contribution in [3.8, 4) is 11.5 Å². The quantitative estimate of drug-likeness (QED) is 0.240. The normalized spacial score (nSPS) is 12.9. The van der Waals surface area contributed by atoms with E-state index in [9.17, 15) is 9.90 Å². The number of methoxy groups -OCH3 is 1. The molecule has 0 bridgehead atoms. The molecule has 1 aromatic rings. The van der Waals surface area contributed by atoms with Crippen molar-refractivity contribution in [1.29, 1.82) is 0 Å². The number of rotatable bonds is 19. The van der Waals surface area contributed by atoms with E-state index in [0.29, 0.717) is 31.0 Å². The summed E-state index contributed by atoms with van der Waals surface area (Å²) in [5.41, 5.74) is 6.83. The molecule has 5 N–H and O–H groups in total. The van der Waals surface area contributed by atoms with Gasteiger partial charge in [-0.3, -0.25) is 4.79 Å². The SMILES string of the molecule is CCCCCCCCC(=O)NCc1ccc(OCC(O)CNCCC(N)CC)c(OC)c1. The molecule has 0 aliphatic heterocycles. The molecule has 0 radical (unpaired) electrons. The van der Waals surface area contributed by atoms with E-state index in [-0.39, 0.29) is 18.6 Å². The monoisotopic (exact) mass is 451 g/mol. The van der Waals surface area contributed by atoms with Crippen LogP contribution in [0.3, 0.4) is 0 Å². The Kier molecular flexibility index (Phi) is 15.6. The maximum Gasteiger partial charge on any atom is 0.220 e. The van der Waals surface area contributed by atoms with Crippen LogP contribution in [0.2, 0.25) is 0 Å². The van der Waals surface area contributed by atoms with Crippen LogP contribution in [0.25, 0.3) is 0 Å². The van der Waals surface area contributed by atoms with E-state index in [0.717, 1.165) is 37.8 Å². The summed E-state index contributed by atoms with van der Waals surface area (Å²) < 4.78 is 11.2. The van der Waals surface area contributed by atoms with Crippen LogP contribution in [0.15, 0.2) is 18.2 Å². The number of hydrogen-bond donors (Lipinski definition) is 4. The molecule has 184 valence electrons. The van der Waals surface area contributed by atoms with Crippen molar-refractivity contribution >= 4 is 5.91 Å². The molecule has 1 amide bonds. The number of benzene rings is 1. The molecule has 0 saturated carbocycles. The van der Waals surface area contributed by atoms with Crippen molar-refractivity contribution in [3.05, 3.63) is 23.8 Å². The lowest BCUT2D eigenvalue weighted by molar-refractivity contribution is -0.121. The zero-order chi connectivity index (χ0) is 23.6. The van der Waals surface area contributed by atoms with Crippen molar-refractivity contribution in [2.45, 2.75) is 90.3 Å². The molecule has 0 aliphatic rings. The standard InChI is InChI=1S/C25H45N3O4/c1-4-6-7-8-9-10-11-25(30)28-17-20-12-13-23(24(16-20)31-3)32-19-22(29)18-27-15-14-21(26)5-2/h12-13,16,21-22,27,29H,4-11,14-15,17-19,26H2,1-3H3,(H,28,30). The number of amides is 1. The average Bonchev–Trinajstić information content (AvgIpc) is 2.81. The van der Waals surface area contributed by atoms with Gasteiger partial charge >= 0.3 is 0 Å². The van der Waals surface area contributed by atoms with Crippen LogP contribution in [-0.4, -0.2) is 50.0 Å². The number of carbonyl (C=O) groups is 1. The summed E-state index contributed by atoms with van der Waals surface area (Å²) in [5.74, 6) is 1.23. The second-order valence-corrected chi connectivity index (χ2v) is 8.41. The smallest absolute Gasteiger partial charge is 0.220 e. The predicted octanol–water partition coefficient (Wildman–Crippen LogP) is 3.52. The van der Waals surface area contributed by atoms with Crippen LogP contribution in [-0.2, 0) is 11.3 Å². The fraction of sp³-hybridized carbons (Fsp3) is 0.720. The minimum atomic E-state index is -0.626. The molecule has 0 spiro atoms. The van der Waals surface area contributed by atoms with Crippen molar-refractivity contribution in [2.24, 2.45) is 5.73 Å². The minimum Gasteiger partial charge on any atom is -0.493 e. The molecule has 0 aliphatic carbocycles. The third kappa shape index (κ3) is 12.9. The fourth-order valence-corrected chi connectivity index (χ4v) is 3.30. The largest absolute Gasteiger partial charge is 0.493 e. The number of unbranched alkanes of at least 4 members (excludes halogenated alkanes) is 5. The third-order valence-corrected chi connectivity index (χ3v) is 5.50. The van der Waals surface area contributed by atoms with Gasteiger partial charge in [0.2, 0.25) is 5.91 Å². The van der Waals surface area contributed by atoms with Gasteiger partial charge in [-0.1, -0.05) is 52.0 Å². The highest BCUT2D eigenvalue weighted by Gasteiger charge is 2.11. The fourth-order valence-electron chi connectivity index (χ4n) is 3.30. The van der Waals surface area contributed by atoms with Gasteiger partial charge in [-0.25, -0.2) is 0 Å². The lowest BCUT2D eigenvalue weighted by atomic mass is 10.1. The summed E-state index contributed by atoms with van der Waals surface area (Å²) in [6.07, 6.45) is 8.80. The van der Waals surface area contributed by atoms with Gasteiger partial charge in [0.15, 0.2) is 11.5 Å². The number of hydrogen-bond acceptors (Lipinski definition) is 6. The van der Waals surface area contributed by atoms with Crippen LogP contribution in [0.4, 0.5) is 0 Å². The van der Waals surface area contributed by atoms with Crippen molar-refractivity contribution < 1.29 is 19.4 Å². The minimum absolute atomic E-state index is 0.0790. The van der Waals surface area contributed by atoms with E-state index < -0.39 is 6.10 Å². The molecule has 0 aromatic heterocycles. The number of aliphatic hydroxyl groups excluding tert-OH is 1. The van der Waals surface area contributed by atoms with Crippen molar-refractivity contribution in [2.75, 3.05) is 26.8 Å². The van der Waals surface area contributed by atoms with Crippen LogP contribution in [0.5, 0.6) is 11.5 Å². The maximum atomic E-state index is 12.1. The van der Waals surface area contributed by atoms with Crippen LogP contribution in [0, 0.1) is 0 Å². The Balaban J connectivity index is 2.33. The Morgan fingerprint density at radius 3 is 2.59 bits per heavy atom. The third-order valence-electron chi connectivity index (χ3n) is 5.50. The second kappa shape index (κ2) is 17.7. The van der Waals surface area contributed by atoms with Gasteiger partial charge < -0.3 is 30.9 Å². The lowest BCUT2D eigenvalue weighted by Gasteiger charge is -2.16. The number of nitrogens with two attached hydrogens (primary N) is 1. The van der Waals surface area contributed by atoms with E-state index >= 15 is 0 Å². The van der Waals surface area contributed by atoms with E-state index in [1.54, 1.807) is 7.11 Å². The molecule has 7 heteroatoms. The zero-order valence-corrected chi connectivity index (χ0v) is 20.3. The van der Waals surface area contributed by atoms with Gasteiger partial charge in [0.05, 0.1) is 7.11 Å². The first-order chi connectivity index (χ1) is 15.5. The van der Waals surface area contributed by atoms with Gasteiger partial charge in [-0.2, -0.15) is 0 Å². The molecule has 1 aromatic carbocycles. The summed E-state index contributed by atoms with van der Waals surface area (Å²) in [4.78, 5) is 12.1. The summed E-state index contributed by atoms with van der Waals surface area (Å²) in [6.45, 7) is 6.11. The molecular formula is C25H45N3O4. The molecule has 1 rings (SSSR count). The first kappa shape index (κ1) is 28.2. The topological polar surface area (TPSA) is 106 Å². The van der Waals surface area contributed by atoms with Gasteiger partial charge in [0, 0.05) is 25.6 Å². The highest BCUT2D eigenvalue weighted by atomic mass is 16.5. The average molecular weight is 452 g/mol. The molecule has 0 heterocycles. The summed E-state index contributed by atoms with van der Waals surface area (Å²) in [7, 11) is 1.58. The van der Waals surface area contributed by atoms with E-state index in [1.807, 2.05) is 18.2 Å². The Hall–Kier alpha value is -1.83. The highest BCUT2D eigenvalue weighted by Crippen LogP contribution is 2.28. The predicted molar refractivity (Wildman–Crippen MR) is 130 cm³/mol. The van der Waals surface area contributed by atoms with Gasteiger partial charge in [0.25, 0.3) is 0 Å². The summed E-state index contributed by atoms with van der Waals surface area (Å²) >= 11 is 0. The molecule has 7 nitrogen and oxygen atoms in total. The first-order valence-electron chi connectivity index (χ1n) is 12.2. The maximum absolute atomic E-state index is 12.1. The number of nitrogens with one attached hydrogen (secondary N) is 2. The Bertz CT molecular complexity index is 627. The Morgan fingerprint density at radius 2 is 1.88 bits per heavy atom. The molecule has 0 fully saturated rings. The molecule has 0 saturated heterocycles. The Labute approximate surface area is 194 Å². The number of ether oxygens (including phenoxy) is 2. The first-order valence-corrected chi connectivity index (χ1v) is 12.2. The summed E-state index contributed by atoms with van der Waals surface area (Å²) in [5, 5.41) is 16.3. The van der Waals surface area contributed by atoms with Crippen LogP contribution >= 0.6 is 0 Å². The number of carbonyl (C=O) groups excluding carboxylic acids is 1. The van der Waals surface area contributed by atoms with Crippen LogP contribution < -0.4 is 25.8 Å². The Morgan fingerprint density at radius 1 is 1.12 bits per heavy atom. The van der Waals surface area contributed by atoms with Crippen molar-refractivity contribution in [3.63, 3.8) is 0 Å². The van der Waals surface area contributed by atoms with Gasteiger partial charge in [-0.05, 0) is 43.5 Å². The lowest BCUT2D eigenvalue weighted by Crippen LogP contribution is -2.34. The van der Waals surface area contributed by atoms with E-state index in [2.05, 4.69) is 24.5 Å². The van der Waals surface area contributed by atoms with Gasteiger partial charge in [-0.15, -0.1) is 0 Å². The van der Waals surface area contributed by atoms with E-state index in [1.165, 1.54) is 25.7 Å². The summed E-state index contributed by atoms with van der Waals surface area (Å²) in [6, 6.07) is 5.77. The molecular weight excluding hydrogens is 406 g/mol. The van der Waals surface area contributed by atoms with Crippen molar-refractivity contribution in [1.82, 2.24) is 10.6 Å². The van der Waals surface area contributed by atoms with E-state index in [4.69, 9.17) is 15.2 Å². The van der Waals surface area contributed by atoms with Crippen LogP contribution in [0.1, 0.15) is 77.2 Å². The second-order valence-electron chi connectivity index (χ2n) is 8.41.